The maximum atomic E-state index is 12.1. The van der Waals surface area contributed by atoms with E-state index in [9.17, 15) is 4.79 Å². The summed E-state index contributed by atoms with van der Waals surface area (Å²) in [7, 11) is 3.35. The van der Waals surface area contributed by atoms with Gasteiger partial charge in [-0.2, -0.15) is 0 Å². The smallest absolute Gasteiger partial charge is 0.251 e. The highest BCUT2D eigenvalue weighted by molar-refractivity contribution is 14.0. The molecule has 1 atom stereocenters. The minimum absolute atomic E-state index is 0. The van der Waals surface area contributed by atoms with Gasteiger partial charge < -0.3 is 20.7 Å². The fourth-order valence-corrected chi connectivity index (χ4v) is 2.35. The van der Waals surface area contributed by atoms with Crippen LogP contribution in [-0.4, -0.2) is 45.2 Å². The van der Waals surface area contributed by atoms with E-state index in [0.717, 1.165) is 24.6 Å². The Morgan fingerprint density at radius 3 is 2.26 bits per heavy atom. The maximum absolute atomic E-state index is 12.1. The normalized spacial score (nSPS) is 12.6. The lowest BCUT2D eigenvalue weighted by atomic mass is 9.89. The number of hydrogen-bond donors (Lipinski definition) is 3. The zero-order valence-corrected chi connectivity index (χ0v) is 19.7. The summed E-state index contributed by atoms with van der Waals surface area (Å²) in [5.41, 5.74) is 0.947. The SMILES string of the molecule is CN=C(NCCNC(=O)c1ccc(OC)cc1)NC(C)CCC(C)(C)C.I. The van der Waals surface area contributed by atoms with Crippen LogP contribution in [0, 0.1) is 5.41 Å². The third-order valence-corrected chi connectivity index (χ3v) is 3.99. The second kappa shape index (κ2) is 12.8. The molecule has 0 aromatic heterocycles. The van der Waals surface area contributed by atoms with Gasteiger partial charge in [0.25, 0.3) is 5.91 Å². The number of carbonyl (C=O) groups is 1. The number of carbonyl (C=O) groups excluding carboxylic acids is 1. The van der Waals surface area contributed by atoms with Crippen LogP contribution in [0.5, 0.6) is 5.75 Å². The fraction of sp³-hybridized carbons (Fsp3) is 0.600. The van der Waals surface area contributed by atoms with Crippen molar-refractivity contribution >= 4 is 35.8 Å². The third-order valence-electron chi connectivity index (χ3n) is 3.99. The van der Waals surface area contributed by atoms with Crippen molar-refractivity contribution < 1.29 is 9.53 Å². The average molecular weight is 490 g/mol. The van der Waals surface area contributed by atoms with E-state index in [2.05, 4.69) is 48.6 Å². The molecular weight excluding hydrogens is 455 g/mol. The molecule has 0 saturated heterocycles. The molecule has 0 bridgehead atoms. The number of benzene rings is 1. The van der Waals surface area contributed by atoms with Crippen LogP contribution in [0.2, 0.25) is 0 Å². The van der Waals surface area contributed by atoms with E-state index in [4.69, 9.17) is 4.74 Å². The van der Waals surface area contributed by atoms with Crippen LogP contribution in [-0.2, 0) is 0 Å². The minimum atomic E-state index is -0.101. The van der Waals surface area contributed by atoms with E-state index in [1.54, 1.807) is 38.4 Å². The van der Waals surface area contributed by atoms with Crippen LogP contribution < -0.4 is 20.7 Å². The predicted molar refractivity (Wildman–Crippen MR) is 123 cm³/mol. The second-order valence-electron chi connectivity index (χ2n) is 7.63. The van der Waals surface area contributed by atoms with Gasteiger partial charge in [-0.05, 0) is 49.4 Å². The van der Waals surface area contributed by atoms with Gasteiger partial charge >= 0.3 is 0 Å². The van der Waals surface area contributed by atoms with Crippen LogP contribution in [0.3, 0.4) is 0 Å². The molecule has 0 aliphatic rings. The Hall–Kier alpha value is -1.51. The molecule has 1 rings (SSSR count). The van der Waals surface area contributed by atoms with Crippen molar-refractivity contribution in [3.05, 3.63) is 29.8 Å². The molecule has 7 heteroatoms. The van der Waals surface area contributed by atoms with Crippen molar-refractivity contribution in [2.24, 2.45) is 10.4 Å². The molecule has 0 spiro atoms. The van der Waals surface area contributed by atoms with Crippen LogP contribution >= 0.6 is 24.0 Å². The number of hydrogen-bond acceptors (Lipinski definition) is 3. The first-order chi connectivity index (χ1) is 12.2. The molecule has 27 heavy (non-hydrogen) atoms. The number of methoxy groups -OCH3 is 1. The Bertz CT molecular complexity index is 583. The first-order valence-electron chi connectivity index (χ1n) is 9.14. The minimum Gasteiger partial charge on any atom is -0.497 e. The summed E-state index contributed by atoms with van der Waals surface area (Å²) < 4.78 is 5.09. The summed E-state index contributed by atoms with van der Waals surface area (Å²) >= 11 is 0. The molecule has 0 saturated carbocycles. The average Bonchev–Trinajstić information content (AvgIpc) is 2.61. The number of aliphatic imine (C=N–C) groups is 1. The lowest BCUT2D eigenvalue weighted by molar-refractivity contribution is 0.0954. The largest absolute Gasteiger partial charge is 0.497 e. The molecule has 6 nitrogen and oxygen atoms in total. The molecule has 1 unspecified atom stereocenters. The lowest BCUT2D eigenvalue weighted by Gasteiger charge is -2.23. The first-order valence-corrected chi connectivity index (χ1v) is 9.14. The Morgan fingerprint density at radius 1 is 1.15 bits per heavy atom. The van der Waals surface area contributed by atoms with Gasteiger partial charge in [0.15, 0.2) is 5.96 Å². The molecule has 0 aliphatic carbocycles. The van der Waals surface area contributed by atoms with Gasteiger partial charge in [0, 0.05) is 31.7 Å². The van der Waals surface area contributed by atoms with Crippen LogP contribution in [0.1, 0.15) is 50.9 Å². The first kappa shape index (κ1) is 25.5. The van der Waals surface area contributed by atoms with Gasteiger partial charge in [-0.1, -0.05) is 20.8 Å². The number of nitrogens with one attached hydrogen (secondary N) is 3. The number of amides is 1. The summed E-state index contributed by atoms with van der Waals surface area (Å²) in [5.74, 6) is 1.39. The van der Waals surface area contributed by atoms with Crippen LogP contribution in [0.4, 0.5) is 0 Å². The summed E-state index contributed by atoms with van der Waals surface area (Å²) in [5, 5.41) is 9.50. The third kappa shape index (κ3) is 11.0. The Labute approximate surface area is 181 Å². The number of rotatable bonds is 8. The van der Waals surface area contributed by atoms with E-state index in [1.807, 2.05) is 0 Å². The van der Waals surface area contributed by atoms with E-state index in [1.165, 1.54) is 0 Å². The van der Waals surface area contributed by atoms with E-state index in [-0.39, 0.29) is 29.9 Å². The lowest BCUT2D eigenvalue weighted by Crippen LogP contribution is -2.45. The molecule has 0 radical (unpaired) electrons. The second-order valence-corrected chi connectivity index (χ2v) is 7.63. The molecular formula is C20H35IN4O2. The van der Waals surface area contributed by atoms with Gasteiger partial charge in [-0.25, -0.2) is 0 Å². The van der Waals surface area contributed by atoms with Crippen LogP contribution in [0.15, 0.2) is 29.3 Å². The van der Waals surface area contributed by atoms with Gasteiger partial charge in [0.1, 0.15) is 5.75 Å². The highest BCUT2D eigenvalue weighted by Crippen LogP contribution is 2.21. The number of guanidine groups is 1. The quantitative estimate of drug-likeness (QED) is 0.226. The van der Waals surface area contributed by atoms with E-state index in [0.29, 0.717) is 30.1 Å². The summed E-state index contributed by atoms with van der Waals surface area (Å²) in [6.45, 7) is 10.0. The summed E-state index contributed by atoms with van der Waals surface area (Å²) in [4.78, 5) is 16.3. The van der Waals surface area contributed by atoms with Crippen molar-refractivity contribution in [1.82, 2.24) is 16.0 Å². The Balaban J connectivity index is 0.00000676. The van der Waals surface area contributed by atoms with Crippen molar-refractivity contribution in [2.75, 3.05) is 27.2 Å². The Kier molecular flexibility index (Phi) is 12.1. The van der Waals surface area contributed by atoms with Gasteiger partial charge in [0.05, 0.1) is 7.11 Å². The topological polar surface area (TPSA) is 74.8 Å². The van der Waals surface area contributed by atoms with Crippen LogP contribution in [0.25, 0.3) is 0 Å². The fourth-order valence-electron chi connectivity index (χ4n) is 2.35. The highest BCUT2D eigenvalue weighted by Gasteiger charge is 2.13. The highest BCUT2D eigenvalue weighted by atomic mass is 127. The van der Waals surface area contributed by atoms with Gasteiger partial charge in [-0.15, -0.1) is 24.0 Å². The molecule has 1 aromatic rings. The van der Waals surface area contributed by atoms with E-state index >= 15 is 0 Å². The van der Waals surface area contributed by atoms with Crippen molar-refractivity contribution in [2.45, 2.75) is 46.6 Å². The van der Waals surface area contributed by atoms with Gasteiger partial charge in [-0.3, -0.25) is 9.79 Å². The van der Waals surface area contributed by atoms with Crippen molar-refractivity contribution in [3.63, 3.8) is 0 Å². The van der Waals surface area contributed by atoms with Crippen molar-refractivity contribution in [3.8, 4) is 5.75 Å². The number of halogens is 1. The zero-order chi connectivity index (χ0) is 19.6. The summed E-state index contributed by atoms with van der Waals surface area (Å²) in [6.07, 6.45) is 2.23. The van der Waals surface area contributed by atoms with Gasteiger partial charge in [0.2, 0.25) is 0 Å². The molecule has 1 aromatic carbocycles. The standard InChI is InChI=1S/C20H34N4O2.HI/c1-15(11-12-20(2,3)4)24-19(21-5)23-14-13-22-18(25)16-7-9-17(26-6)10-8-16;/h7-10,15H,11-14H2,1-6H3,(H,22,25)(H2,21,23,24);1H. The Morgan fingerprint density at radius 2 is 1.74 bits per heavy atom. The monoisotopic (exact) mass is 490 g/mol. The zero-order valence-electron chi connectivity index (χ0n) is 17.4. The molecule has 154 valence electrons. The number of nitrogens with zero attached hydrogens (tertiary/aromatic N) is 1. The number of ether oxygens (including phenoxy) is 1. The molecule has 0 aliphatic heterocycles. The molecule has 1 amide bonds. The molecule has 0 fully saturated rings. The maximum Gasteiger partial charge on any atom is 0.251 e. The van der Waals surface area contributed by atoms with E-state index < -0.39 is 0 Å². The molecule has 0 heterocycles. The molecule has 3 N–H and O–H groups in total. The summed E-state index contributed by atoms with van der Waals surface area (Å²) in [6, 6.07) is 7.39. The van der Waals surface area contributed by atoms with Crippen molar-refractivity contribution in [1.29, 1.82) is 0 Å². The predicted octanol–water partition coefficient (Wildman–Crippen LogP) is 3.42.